The zero-order valence-corrected chi connectivity index (χ0v) is 14.4. The summed E-state index contributed by atoms with van der Waals surface area (Å²) in [5.41, 5.74) is 2.89. The first-order chi connectivity index (χ1) is 9.82. The monoisotopic (exact) mass is 350 g/mol. The lowest BCUT2D eigenvalue weighted by atomic mass is 9.86. The van der Waals surface area contributed by atoms with Crippen LogP contribution in [0, 0.1) is 12.7 Å². The fourth-order valence-corrected chi connectivity index (χ4v) is 2.66. The molecule has 112 valence electrons. The van der Waals surface area contributed by atoms with Crippen molar-refractivity contribution in [2.45, 2.75) is 38.4 Å². The molecule has 0 aliphatic carbocycles. The van der Waals surface area contributed by atoms with E-state index in [0.717, 1.165) is 22.4 Å². The highest BCUT2D eigenvalue weighted by atomic mass is 79.9. The topological polar surface area (TPSA) is 9.23 Å². The summed E-state index contributed by atoms with van der Waals surface area (Å²) in [4.78, 5) is 0. The molecule has 0 radical (unpaired) electrons. The molecule has 0 amide bonds. The number of para-hydroxylation sites is 1. The van der Waals surface area contributed by atoms with Crippen LogP contribution in [0.1, 0.15) is 37.5 Å². The largest absolute Gasteiger partial charge is 0.454 e. The van der Waals surface area contributed by atoms with Crippen LogP contribution in [0.3, 0.4) is 0 Å². The molecule has 3 heteroatoms. The Kier molecular flexibility index (Phi) is 4.72. The average molecular weight is 351 g/mol. The molecule has 0 aromatic heterocycles. The molecule has 0 aliphatic heterocycles. The summed E-state index contributed by atoms with van der Waals surface area (Å²) in [6, 6.07) is 11.1. The highest BCUT2D eigenvalue weighted by Gasteiger charge is 2.21. The zero-order chi connectivity index (χ0) is 15.6. The average Bonchev–Trinajstić information content (AvgIpc) is 2.39. The first-order valence-corrected chi connectivity index (χ1v) is 8.07. The Balaban J connectivity index is 2.52. The molecule has 1 nitrogen and oxygen atoms in total. The van der Waals surface area contributed by atoms with Crippen LogP contribution in [-0.2, 0) is 10.7 Å². The predicted molar refractivity (Wildman–Crippen MR) is 89.0 cm³/mol. The Morgan fingerprint density at radius 2 is 1.86 bits per heavy atom. The Labute approximate surface area is 134 Å². The molecular formula is C18H20BrFO. The molecule has 0 atom stereocenters. The van der Waals surface area contributed by atoms with Gasteiger partial charge in [-0.2, -0.15) is 0 Å². The van der Waals surface area contributed by atoms with Crippen molar-refractivity contribution in [1.29, 1.82) is 0 Å². The van der Waals surface area contributed by atoms with Crippen LogP contribution >= 0.6 is 15.9 Å². The standard InChI is InChI=1S/C18H20BrFO/c1-12-8-9-14(18(2,3)4)16(10-12)21-17-13(11-19)6-5-7-15(17)20/h5-10H,11H2,1-4H3. The summed E-state index contributed by atoms with van der Waals surface area (Å²) < 4.78 is 20.1. The van der Waals surface area contributed by atoms with Crippen LogP contribution in [0.4, 0.5) is 4.39 Å². The summed E-state index contributed by atoms with van der Waals surface area (Å²) in [5.74, 6) is 0.675. The summed E-state index contributed by atoms with van der Waals surface area (Å²) in [6.07, 6.45) is 0. The fourth-order valence-electron chi connectivity index (χ4n) is 2.22. The van der Waals surface area contributed by atoms with Crippen LogP contribution < -0.4 is 4.74 Å². The maximum Gasteiger partial charge on any atom is 0.167 e. The highest BCUT2D eigenvalue weighted by Crippen LogP contribution is 2.37. The second-order valence-corrected chi connectivity index (χ2v) is 6.77. The third kappa shape index (κ3) is 3.65. The van der Waals surface area contributed by atoms with Crippen molar-refractivity contribution in [3.63, 3.8) is 0 Å². The van der Waals surface area contributed by atoms with Gasteiger partial charge in [-0.15, -0.1) is 0 Å². The van der Waals surface area contributed by atoms with Crippen LogP contribution in [0.5, 0.6) is 11.5 Å². The lowest BCUT2D eigenvalue weighted by Crippen LogP contribution is -2.13. The van der Waals surface area contributed by atoms with E-state index in [1.54, 1.807) is 6.07 Å². The molecule has 2 aromatic carbocycles. The molecular weight excluding hydrogens is 331 g/mol. The van der Waals surface area contributed by atoms with Gasteiger partial charge in [0.15, 0.2) is 11.6 Å². The maximum atomic E-state index is 14.1. The molecule has 0 aliphatic rings. The van der Waals surface area contributed by atoms with Gasteiger partial charge >= 0.3 is 0 Å². The predicted octanol–water partition coefficient (Wildman–Crippen LogP) is 6.12. The number of aryl methyl sites for hydroxylation is 1. The molecule has 0 saturated heterocycles. The zero-order valence-electron chi connectivity index (χ0n) is 12.8. The quantitative estimate of drug-likeness (QED) is 0.606. The van der Waals surface area contributed by atoms with Gasteiger partial charge in [0.1, 0.15) is 5.75 Å². The molecule has 21 heavy (non-hydrogen) atoms. The van der Waals surface area contributed by atoms with E-state index >= 15 is 0 Å². The third-order valence-electron chi connectivity index (χ3n) is 3.35. The molecule has 0 spiro atoms. The van der Waals surface area contributed by atoms with Crippen LogP contribution in [-0.4, -0.2) is 0 Å². The number of ether oxygens (including phenoxy) is 1. The van der Waals surface area contributed by atoms with Crippen molar-refractivity contribution in [3.05, 3.63) is 58.9 Å². The van der Waals surface area contributed by atoms with Crippen molar-refractivity contribution in [3.8, 4) is 11.5 Å². The van der Waals surface area contributed by atoms with Gasteiger partial charge in [-0.25, -0.2) is 4.39 Å². The second kappa shape index (κ2) is 6.18. The van der Waals surface area contributed by atoms with Gasteiger partial charge in [-0.1, -0.05) is 61.0 Å². The Morgan fingerprint density at radius 1 is 1.14 bits per heavy atom. The number of alkyl halides is 1. The van der Waals surface area contributed by atoms with Gasteiger partial charge < -0.3 is 4.74 Å². The van der Waals surface area contributed by atoms with Gasteiger partial charge in [0.05, 0.1) is 0 Å². The minimum Gasteiger partial charge on any atom is -0.454 e. The van der Waals surface area contributed by atoms with E-state index in [2.05, 4.69) is 48.8 Å². The molecule has 0 unspecified atom stereocenters. The van der Waals surface area contributed by atoms with E-state index < -0.39 is 0 Å². The number of hydrogen-bond donors (Lipinski definition) is 0. The first-order valence-electron chi connectivity index (χ1n) is 6.95. The molecule has 0 heterocycles. The summed E-state index contributed by atoms with van der Waals surface area (Å²) in [5, 5.41) is 0.552. The third-order valence-corrected chi connectivity index (χ3v) is 3.95. The van der Waals surface area contributed by atoms with E-state index in [0.29, 0.717) is 11.1 Å². The number of rotatable bonds is 3. The Hall–Kier alpha value is -1.35. The molecule has 0 fully saturated rings. The molecule has 0 saturated carbocycles. The van der Waals surface area contributed by atoms with E-state index in [1.807, 2.05) is 19.1 Å². The number of hydrogen-bond acceptors (Lipinski definition) is 1. The van der Waals surface area contributed by atoms with Gasteiger partial charge in [0, 0.05) is 16.5 Å². The second-order valence-electron chi connectivity index (χ2n) is 6.21. The highest BCUT2D eigenvalue weighted by molar-refractivity contribution is 9.08. The van der Waals surface area contributed by atoms with Gasteiger partial charge in [0.2, 0.25) is 0 Å². The van der Waals surface area contributed by atoms with Gasteiger partial charge in [0.25, 0.3) is 0 Å². The van der Waals surface area contributed by atoms with Gasteiger partial charge in [-0.05, 0) is 30.0 Å². The van der Waals surface area contributed by atoms with Gasteiger partial charge in [-0.3, -0.25) is 0 Å². The lowest BCUT2D eigenvalue weighted by molar-refractivity contribution is 0.421. The van der Waals surface area contributed by atoms with Crippen molar-refractivity contribution in [2.75, 3.05) is 0 Å². The molecule has 0 bridgehead atoms. The lowest BCUT2D eigenvalue weighted by Gasteiger charge is -2.23. The summed E-state index contributed by atoms with van der Waals surface area (Å²) in [7, 11) is 0. The normalized spacial score (nSPS) is 11.5. The number of benzene rings is 2. The Morgan fingerprint density at radius 3 is 2.48 bits per heavy atom. The van der Waals surface area contributed by atoms with E-state index in [-0.39, 0.29) is 11.2 Å². The minimum absolute atomic E-state index is 0.0666. The Bertz CT molecular complexity index is 644. The molecule has 2 aromatic rings. The van der Waals surface area contributed by atoms with E-state index in [4.69, 9.17) is 4.74 Å². The summed E-state index contributed by atoms with van der Waals surface area (Å²) in [6.45, 7) is 8.37. The minimum atomic E-state index is -0.340. The SMILES string of the molecule is Cc1ccc(C(C)(C)C)c(Oc2c(F)cccc2CBr)c1. The van der Waals surface area contributed by atoms with Crippen LogP contribution in [0.2, 0.25) is 0 Å². The van der Waals surface area contributed by atoms with E-state index in [1.165, 1.54) is 6.07 Å². The van der Waals surface area contributed by atoms with Crippen LogP contribution in [0.25, 0.3) is 0 Å². The fraction of sp³-hybridized carbons (Fsp3) is 0.333. The van der Waals surface area contributed by atoms with E-state index in [9.17, 15) is 4.39 Å². The van der Waals surface area contributed by atoms with Crippen molar-refractivity contribution >= 4 is 15.9 Å². The molecule has 2 rings (SSSR count). The van der Waals surface area contributed by atoms with Crippen molar-refractivity contribution in [1.82, 2.24) is 0 Å². The first kappa shape index (κ1) is 16.0. The molecule has 0 N–H and O–H groups in total. The van der Waals surface area contributed by atoms with Crippen molar-refractivity contribution in [2.24, 2.45) is 0 Å². The smallest absolute Gasteiger partial charge is 0.167 e. The van der Waals surface area contributed by atoms with Crippen LogP contribution in [0.15, 0.2) is 36.4 Å². The van der Waals surface area contributed by atoms with Crippen molar-refractivity contribution < 1.29 is 9.13 Å². The number of halogens is 2. The summed E-state index contributed by atoms with van der Waals surface area (Å²) >= 11 is 3.38. The maximum absolute atomic E-state index is 14.1.